The molecule has 0 aromatic heterocycles. The monoisotopic (exact) mass is 278 g/mol. The Balaban J connectivity index is 5.12. The van der Waals surface area contributed by atoms with Crippen LogP contribution in [-0.4, -0.2) is 0 Å². The molecule has 1 nitrogen and oxygen atoms in total. The smallest absolute Gasteiger partial charge is 0.312 e. The Bertz CT molecular complexity index is 358. The van der Waals surface area contributed by atoms with Crippen LogP contribution in [0.5, 0.6) is 0 Å². The van der Waals surface area contributed by atoms with Gasteiger partial charge in [0, 0.05) is 0 Å². The van der Waals surface area contributed by atoms with Crippen molar-refractivity contribution in [3.05, 3.63) is 48.0 Å². The summed E-state index contributed by atoms with van der Waals surface area (Å²) in [6.45, 7) is 7.09. The second kappa shape index (κ2) is 8.56. The molecule has 0 bridgehead atoms. The quantitative estimate of drug-likeness (QED) is 0.347. The van der Waals surface area contributed by atoms with Crippen LogP contribution in [0.1, 0.15) is 27.7 Å². The molecule has 0 spiro atoms. The minimum atomic E-state index is -2.14. The molecule has 0 unspecified atom stereocenters. The van der Waals surface area contributed by atoms with Gasteiger partial charge >= 0.3 is 12.2 Å². The molecule has 0 radical (unpaired) electrons. The second-order valence-electron chi connectivity index (χ2n) is 4.56. The van der Waals surface area contributed by atoms with Crippen LogP contribution in [0.15, 0.2) is 48.0 Å². The lowest BCUT2D eigenvalue weighted by Gasteiger charge is -2.06. The SMILES string of the molecule is CC(C)C=CC(OC(C=CC(C)C)=C(F)F)=C(F)F. The topological polar surface area (TPSA) is 9.23 Å². The molecule has 0 aromatic rings. The number of allylic oxidation sites excluding steroid dienone is 4. The molecule has 0 heterocycles. The summed E-state index contributed by atoms with van der Waals surface area (Å²) in [5.41, 5.74) is 0. The summed E-state index contributed by atoms with van der Waals surface area (Å²) < 4.78 is 54.9. The van der Waals surface area contributed by atoms with Gasteiger partial charge in [-0.15, -0.1) is 0 Å². The van der Waals surface area contributed by atoms with E-state index in [2.05, 4.69) is 4.74 Å². The summed E-state index contributed by atoms with van der Waals surface area (Å²) in [7, 11) is 0. The van der Waals surface area contributed by atoms with Crippen molar-refractivity contribution < 1.29 is 22.3 Å². The van der Waals surface area contributed by atoms with Gasteiger partial charge in [0.25, 0.3) is 0 Å². The Morgan fingerprint density at radius 3 is 1.26 bits per heavy atom. The van der Waals surface area contributed by atoms with Gasteiger partial charge in [-0.2, -0.15) is 17.6 Å². The maximum Gasteiger partial charge on any atom is 0.312 e. The minimum Gasteiger partial charge on any atom is -0.446 e. The number of hydrogen-bond acceptors (Lipinski definition) is 1. The third-order valence-electron chi connectivity index (χ3n) is 1.86. The number of hydrogen-bond donors (Lipinski definition) is 0. The van der Waals surface area contributed by atoms with E-state index >= 15 is 0 Å². The van der Waals surface area contributed by atoms with Crippen LogP contribution >= 0.6 is 0 Å². The summed E-state index contributed by atoms with van der Waals surface area (Å²) in [6.07, 6.45) is 0.573. The summed E-state index contributed by atoms with van der Waals surface area (Å²) >= 11 is 0. The highest BCUT2D eigenvalue weighted by Gasteiger charge is 2.11. The average molecular weight is 278 g/mol. The molecule has 19 heavy (non-hydrogen) atoms. The van der Waals surface area contributed by atoms with Crippen molar-refractivity contribution in [1.82, 2.24) is 0 Å². The van der Waals surface area contributed by atoms with Crippen LogP contribution in [0.25, 0.3) is 0 Å². The third kappa shape index (κ3) is 8.24. The lowest BCUT2D eigenvalue weighted by Crippen LogP contribution is -1.93. The Hall–Kier alpha value is -1.52. The molecule has 0 aliphatic heterocycles. The van der Waals surface area contributed by atoms with E-state index in [1.54, 1.807) is 27.7 Å². The lowest BCUT2D eigenvalue weighted by atomic mass is 10.2. The molecule has 0 N–H and O–H groups in total. The minimum absolute atomic E-state index is 0.00630. The van der Waals surface area contributed by atoms with Crippen molar-refractivity contribution in [1.29, 1.82) is 0 Å². The van der Waals surface area contributed by atoms with Gasteiger partial charge in [-0.3, -0.25) is 0 Å². The summed E-state index contributed by atoms with van der Waals surface area (Å²) in [5.74, 6) is -1.73. The highest BCUT2D eigenvalue weighted by atomic mass is 19.3. The van der Waals surface area contributed by atoms with Gasteiger partial charge < -0.3 is 4.74 Å². The van der Waals surface area contributed by atoms with Gasteiger partial charge in [-0.25, -0.2) is 0 Å². The van der Waals surface area contributed by atoms with Gasteiger partial charge in [0.2, 0.25) is 0 Å². The standard InChI is InChI=1S/C14H18F4O/c1-9(2)5-7-11(13(15)16)19-12(14(17)18)8-6-10(3)4/h5-10H,1-4H3. The Morgan fingerprint density at radius 2 is 1.05 bits per heavy atom. The number of ether oxygens (including phenoxy) is 1. The molecule has 0 aromatic carbocycles. The van der Waals surface area contributed by atoms with Crippen LogP contribution in [0, 0.1) is 11.8 Å². The normalized spacial score (nSPS) is 11.7. The van der Waals surface area contributed by atoms with Crippen molar-refractivity contribution in [2.24, 2.45) is 11.8 Å². The highest BCUT2D eigenvalue weighted by Crippen LogP contribution is 2.21. The highest BCUT2D eigenvalue weighted by molar-refractivity contribution is 5.21. The van der Waals surface area contributed by atoms with Gasteiger partial charge in [0.1, 0.15) is 0 Å². The molecular weight excluding hydrogens is 260 g/mol. The fourth-order valence-electron chi connectivity index (χ4n) is 0.949. The Labute approximate surface area is 111 Å². The molecule has 5 heteroatoms. The number of halogens is 4. The van der Waals surface area contributed by atoms with E-state index in [1.807, 2.05) is 0 Å². The molecule has 0 rings (SSSR count). The first-order chi connectivity index (χ1) is 8.73. The zero-order valence-corrected chi connectivity index (χ0v) is 11.4. The van der Waals surface area contributed by atoms with Gasteiger partial charge in [-0.1, -0.05) is 39.8 Å². The zero-order chi connectivity index (χ0) is 15.0. The summed E-state index contributed by atoms with van der Waals surface area (Å²) in [4.78, 5) is 0. The first-order valence-electron chi connectivity index (χ1n) is 5.88. The largest absolute Gasteiger partial charge is 0.446 e. The van der Waals surface area contributed by atoms with Crippen molar-refractivity contribution in [2.45, 2.75) is 27.7 Å². The van der Waals surface area contributed by atoms with Crippen molar-refractivity contribution >= 4 is 0 Å². The fourth-order valence-corrected chi connectivity index (χ4v) is 0.949. The van der Waals surface area contributed by atoms with E-state index in [0.29, 0.717) is 0 Å². The molecule has 0 saturated carbocycles. The Kier molecular flexibility index (Phi) is 7.87. The first kappa shape index (κ1) is 17.5. The molecule has 0 saturated heterocycles. The molecule has 0 fully saturated rings. The van der Waals surface area contributed by atoms with Crippen molar-refractivity contribution in [3.63, 3.8) is 0 Å². The van der Waals surface area contributed by atoms with Gasteiger partial charge in [0.15, 0.2) is 11.5 Å². The fraction of sp³-hybridized carbons (Fsp3) is 0.429. The lowest BCUT2D eigenvalue weighted by molar-refractivity contribution is 0.251. The summed E-state index contributed by atoms with van der Waals surface area (Å²) in [5, 5.41) is 0. The second-order valence-corrected chi connectivity index (χ2v) is 4.56. The molecule has 0 aliphatic rings. The van der Waals surface area contributed by atoms with Crippen LogP contribution in [0.4, 0.5) is 17.6 Å². The molecular formula is C14H18F4O. The van der Waals surface area contributed by atoms with E-state index in [1.165, 1.54) is 12.2 Å². The first-order valence-corrected chi connectivity index (χ1v) is 5.88. The maximum absolute atomic E-state index is 12.6. The zero-order valence-electron chi connectivity index (χ0n) is 11.4. The Morgan fingerprint density at radius 1 is 0.737 bits per heavy atom. The van der Waals surface area contributed by atoms with Crippen LogP contribution in [0.2, 0.25) is 0 Å². The van der Waals surface area contributed by atoms with Crippen LogP contribution < -0.4 is 0 Å². The van der Waals surface area contributed by atoms with E-state index in [0.717, 1.165) is 12.2 Å². The van der Waals surface area contributed by atoms with E-state index in [9.17, 15) is 17.6 Å². The number of rotatable bonds is 6. The predicted octanol–water partition coefficient (Wildman–Crippen LogP) is 5.64. The predicted molar refractivity (Wildman–Crippen MR) is 67.5 cm³/mol. The van der Waals surface area contributed by atoms with E-state index < -0.39 is 23.7 Å². The van der Waals surface area contributed by atoms with Crippen molar-refractivity contribution in [3.8, 4) is 0 Å². The summed E-state index contributed by atoms with van der Waals surface area (Å²) in [6, 6.07) is 0. The van der Waals surface area contributed by atoms with Crippen LogP contribution in [-0.2, 0) is 4.74 Å². The molecule has 0 atom stereocenters. The van der Waals surface area contributed by atoms with E-state index in [-0.39, 0.29) is 11.8 Å². The molecule has 0 amide bonds. The molecule has 0 aliphatic carbocycles. The van der Waals surface area contributed by atoms with Gasteiger partial charge in [-0.05, 0) is 24.0 Å². The maximum atomic E-state index is 12.6. The third-order valence-corrected chi connectivity index (χ3v) is 1.86. The van der Waals surface area contributed by atoms with E-state index in [4.69, 9.17) is 0 Å². The average Bonchev–Trinajstić information content (AvgIpc) is 2.26. The van der Waals surface area contributed by atoms with Crippen molar-refractivity contribution in [2.75, 3.05) is 0 Å². The van der Waals surface area contributed by atoms with Crippen LogP contribution in [0.3, 0.4) is 0 Å². The van der Waals surface area contributed by atoms with Gasteiger partial charge in [0.05, 0.1) is 0 Å². The molecule has 108 valence electrons.